The van der Waals surface area contributed by atoms with Crippen molar-refractivity contribution in [2.45, 2.75) is 6.61 Å². The summed E-state index contributed by atoms with van der Waals surface area (Å²) in [5.74, 6) is -0.602. The quantitative estimate of drug-likeness (QED) is 0.326. The Bertz CT molecular complexity index is 1140. The van der Waals surface area contributed by atoms with Gasteiger partial charge in [0.2, 0.25) is 0 Å². The molecule has 0 N–H and O–H groups in total. The molecule has 4 aromatic rings. The van der Waals surface area contributed by atoms with Crippen LogP contribution in [0.15, 0.2) is 70.3 Å². The van der Waals surface area contributed by atoms with Crippen LogP contribution in [0.2, 0.25) is 0 Å². The van der Waals surface area contributed by atoms with Gasteiger partial charge in [0.25, 0.3) is 0 Å². The number of benzene rings is 2. The number of esters is 1. The summed E-state index contributed by atoms with van der Waals surface area (Å²) < 4.78 is 10.6. The van der Waals surface area contributed by atoms with Gasteiger partial charge in [-0.2, -0.15) is 0 Å². The molecule has 6 nitrogen and oxygen atoms in total. The van der Waals surface area contributed by atoms with E-state index >= 15 is 0 Å². The summed E-state index contributed by atoms with van der Waals surface area (Å²) in [7, 11) is 0. The van der Waals surface area contributed by atoms with Crippen LogP contribution in [-0.4, -0.2) is 15.9 Å². The largest absolute Gasteiger partial charge is 0.456 e. The lowest BCUT2D eigenvalue weighted by atomic mass is 10.0. The Kier molecular flexibility index (Phi) is 3.70. The molecular formula is C19H12N2O4. The average molecular weight is 332 g/mol. The van der Waals surface area contributed by atoms with Crippen molar-refractivity contribution in [2.75, 3.05) is 0 Å². The van der Waals surface area contributed by atoms with Gasteiger partial charge in [-0.1, -0.05) is 30.3 Å². The molecule has 0 saturated heterocycles. The molecule has 2 heterocycles. The Morgan fingerprint density at radius 1 is 1.12 bits per heavy atom. The zero-order valence-electron chi connectivity index (χ0n) is 13.0. The monoisotopic (exact) mass is 332 g/mol. The van der Waals surface area contributed by atoms with E-state index in [9.17, 15) is 9.59 Å². The van der Waals surface area contributed by atoms with Crippen molar-refractivity contribution < 1.29 is 13.9 Å². The normalized spacial score (nSPS) is 10.9. The van der Waals surface area contributed by atoms with Crippen LogP contribution in [0.4, 0.5) is 0 Å². The highest BCUT2D eigenvalue weighted by atomic mass is 16.5. The van der Waals surface area contributed by atoms with E-state index in [1.807, 2.05) is 30.3 Å². The molecule has 0 saturated carbocycles. The van der Waals surface area contributed by atoms with Gasteiger partial charge in [0, 0.05) is 29.4 Å². The van der Waals surface area contributed by atoms with Gasteiger partial charge in [-0.25, -0.2) is 14.6 Å². The SMILES string of the molecule is O=C(OCc1cc(=O)oc2ccc3ccccc3c12)c1cnccn1. The predicted octanol–water partition coefficient (Wildman–Crippen LogP) is 3.09. The fourth-order valence-electron chi connectivity index (χ4n) is 2.76. The van der Waals surface area contributed by atoms with E-state index in [1.165, 1.54) is 24.7 Å². The van der Waals surface area contributed by atoms with E-state index in [0.717, 1.165) is 16.2 Å². The van der Waals surface area contributed by atoms with Crippen LogP contribution in [-0.2, 0) is 11.3 Å². The van der Waals surface area contributed by atoms with Crippen LogP contribution in [0, 0.1) is 0 Å². The molecule has 2 aromatic carbocycles. The lowest BCUT2D eigenvalue weighted by Crippen LogP contribution is -2.09. The van der Waals surface area contributed by atoms with Gasteiger partial charge in [-0.3, -0.25) is 4.98 Å². The van der Waals surface area contributed by atoms with Crippen LogP contribution in [0.5, 0.6) is 0 Å². The molecule has 0 aliphatic rings. The van der Waals surface area contributed by atoms with E-state index in [2.05, 4.69) is 9.97 Å². The first-order valence-electron chi connectivity index (χ1n) is 7.60. The molecule has 0 atom stereocenters. The molecule has 0 fully saturated rings. The van der Waals surface area contributed by atoms with Crippen molar-refractivity contribution in [3.63, 3.8) is 0 Å². The van der Waals surface area contributed by atoms with Crippen LogP contribution >= 0.6 is 0 Å². The van der Waals surface area contributed by atoms with Crippen LogP contribution in [0.3, 0.4) is 0 Å². The molecule has 25 heavy (non-hydrogen) atoms. The Labute approximate surface area is 141 Å². The molecule has 0 spiro atoms. The first-order chi connectivity index (χ1) is 12.2. The molecule has 0 bridgehead atoms. The predicted molar refractivity (Wildman–Crippen MR) is 91.1 cm³/mol. The lowest BCUT2D eigenvalue weighted by Gasteiger charge is -2.09. The number of carbonyl (C=O) groups is 1. The van der Waals surface area contributed by atoms with Gasteiger partial charge in [0.05, 0.1) is 6.20 Å². The smallest absolute Gasteiger partial charge is 0.358 e. The zero-order chi connectivity index (χ0) is 17.2. The average Bonchev–Trinajstić information content (AvgIpc) is 2.66. The maximum absolute atomic E-state index is 12.1. The van der Waals surface area contributed by atoms with Crippen molar-refractivity contribution in [2.24, 2.45) is 0 Å². The second-order valence-electron chi connectivity index (χ2n) is 5.42. The van der Waals surface area contributed by atoms with Gasteiger partial charge in [-0.05, 0) is 16.8 Å². The maximum Gasteiger partial charge on any atom is 0.358 e. The van der Waals surface area contributed by atoms with Crippen molar-refractivity contribution in [1.29, 1.82) is 0 Å². The van der Waals surface area contributed by atoms with Crippen LogP contribution < -0.4 is 5.63 Å². The fraction of sp³-hybridized carbons (Fsp3) is 0.0526. The topological polar surface area (TPSA) is 82.3 Å². The van der Waals surface area contributed by atoms with Gasteiger partial charge in [0.1, 0.15) is 12.2 Å². The number of aromatic nitrogens is 2. The van der Waals surface area contributed by atoms with Crippen molar-refractivity contribution >= 4 is 27.7 Å². The summed E-state index contributed by atoms with van der Waals surface area (Å²) in [6.45, 7) is -0.0640. The summed E-state index contributed by atoms with van der Waals surface area (Å²) in [6.07, 6.45) is 4.21. The van der Waals surface area contributed by atoms with E-state index < -0.39 is 11.6 Å². The van der Waals surface area contributed by atoms with Gasteiger partial charge in [-0.15, -0.1) is 0 Å². The summed E-state index contributed by atoms with van der Waals surface area (Å²) in [6, 6.07) is 12.7. The molecule has 0 aliphatic carbocycles. The van der Waals surface area contributed by atoms with Crippen molar-refractivity contribution in [3.8, 4) is 0 Å². The fourth-order valence-corrected chi connectivity index (χ4v) is 2.76. The van der Waals surface area contributed by atoms with Crippen molar-refractivity contribution in [3.05, 3.63) is 82.7 Å². The van der Waals surface area contributed by atoms with E-state index in [4.69, 9.17) is 9.15 Å². The van der Waals surface area contributed by atoms with Crippen molar-refractivity contribution in [1.82, 2.24) is 9.97 Å². The Hall–Kier alpha value is -3.54. The maximum atomic E-state index is 12.1. The minimum atomic E-state index is -0.602. The second kappa shape index (κ2) is 6.16. The van der Waals surface area contributed by atoms with Crippen LogP contribution in [0.1, 0.15) is 16.1 Å². The third kappa shape index (κ3) is 2.85. The number of rotatable bonds is 3. The molecule has 0 amide bonds. The summed E-state index contributed by atoms with van der Waals surface area (Å²) in [5.41, 5.74) is 0.657. The highest BCUT2D eigenvalue weighted by Gasteiger charge is 2.13. The molecule has 6 heteroatoms. The number of nitrogens with zero attached hydrogens (tertiary/aromatic N) is 2. The molecule has 0 unspecified atom stereocenters. The Morgan fingerprint density at radius 3 is 2.84 bits per heavy atom. The lowest BCUT2D eigenvalue weighted by molar-refractivity contribution is 0.0466. The van der Waals surface area contributed by atoms with E-state index in [0.29, 0.717) is 11.1 Å². The van der Waals surface area contributed by atoms with E-state index in [-0.39, 0.29) is 12.3 Å². The summed E-state index contributed by atoms with van der Waals surface area (Å²) in [4.78, 5) is 31.6. The molecule has 0 radical (unpaired) electrons. The molecule has 2 aromatic heterocycles. The molecule has 0 aliphatic heterocycles. The third-order valence-corrected chi connectivity index (χ3v) is 3.85. The zero-order valence-corrected chi connectivity index (χ0v) is 13.0. The van der Waals surface area contributed by atoms with E-state index in [1.54, 1.807) is 6.07 Å². The number of fused-ring (bicyclic) bond motifs is 3. The van der Waals surface area contributed by atoms with Gasteiger partial charge >= 0.3 is 11.6 Å². The summed E-state index contributed by atoms with van der Waals surface area (Å²) >= 11 is 0. The third-order valence-electron chi connectivity index (χ3n) is 3.85. The molecule has 4 rings (SSSR count). The minimum Gasteiger partial charge on any atom is -0.456 e. The van der Waals surface area contributed by atoms with Gasteiger partial charge in [0.15, 0.2) is 5.69 Å². The number of ether oxygens (including phenoxy) is 1. The minimum absolute atomic E-state index is 0.0640. The first-order valence-corrected chi connectivity index (χ1v) is 7.60. The Morgan fingerprint density at radius 2 is 2.00 bits per heavy atom. The number of hydrogen-bond donors (Lipinski definition) is 0. The van der Waals surface area contributed by atoms with Gasteiger partial charge < -0.3 is 9.15 Å². The molecule has 122 valence electrons. The number of carbonyl (C=O) groups excluding carboxylic acids is 1. The summed E-state index contributed by atoms with van der Waals surface area (Å²) in [5, 5.41) is 2.68. The molecular weight excluding hydrogens is 320 g/mol. The second-order valence-corrected chi connectivity index (χ2v) is 5.42. The highest BCUT2D eigenvalue weighted by molar-refractivity contribution is 6.07. The first kappa shape index (κ1) is 15.0. The Balaban J connectivity index is 1.77. The highest BCUT2D eigenvalue weighted by Crippen LogP contribution is 2.27. The standard InChI is InChI=1S/C19H12N2O4/c22-17-9-13(11-24-19(23)15-10-20-7-8-21-15)18-14-4-2-1-3-12(14)5-6-16(18)25-17/h1-10H,11H2. The number of hydrogen-bond acceptors (Lipinski definition) is 6. The van der Waals surface area contributed by atoms with Crippen LogP contribution in [0.25, 0.3) is 21.7 Å².